The Hall–Kier alpha value is -8.60. The monoisotopic (exact) mass is 1470 g/mol. The highest BCUT2D eigenvalue weighted by Crippen LogP contribution is 2.58. The minimum absolute atomic E-state index is 0.110. The molecule has 0 atom stereocenters. The molecule has 3 aliphatic carbocycles. The van der Waals surface area contributed by atoms with E-state index in [0.29, 0.717) is 0 Å². The maximum atomic E-state index is 4.10. The first-order valence-electron chi connectivity index (χ1n) is 44.8. The third-order valence-corrected chi connectivity index (χ3v) is 26.8. The molecule has 2 N–H and O–H groups in total. The summed E-state index contributed by atoms with van der Waals surface area (Å²) < 4.78 is 5.15. The molecule has 111 heavy (non-hydrogen) atoms. The van der Waals surface area contributed by atoms with Gasteiger partial charge in [0, 0.05) is 71.9 Å². The summed E-state index contributed by atoms with van der Waals surface area (Å²) in [6.07, 6.45) is 42.9. The molecule has 4 heteroatoms. The Labute approximate surface area is 668 Å². The molecule has 0 spiro atoms. The Morgan fingerprint density at radius 1 is 0.234 bits per heavy atom. The molecule has 10 aromatic carbocycles. The number of aromatic nitrogens is 2. The average molecular weight is 1470 g/mol. The molecule has 3 aliphatic rings. The smallest absolute Gasteiger partial charge is 0.0541 e. The van der Waals surface area contributed by atoms with E-state index in [1.165, 1.54) is 335 Å². The van der Waals surface area contributed by atoms with Crippen LogP contribution in [0.4, 0.5) is 22.7 Å². The lowest BCUT2D eigenvalue weighted by Crippen LogP contribution is -2.26. The van der Waals surface area contributed by atoms with Gasteiger partial charge in [-0.3, -0.25) is 0 Å². The SMILES string of the molecule is CCCCCCCCC1(CCCCCCCC)c2cc(Nc3ccc4c(c3)C(C)(C)c3cc(-n5c6ccc(CCCCCC)cc6c6cc(CCCCCC)ccc65)ccc3-4)ccc2-c2ccc(Nc3ccc4c(c3)C(C)(C)c3cc(-n5c6ccc(CCCCCC)cc6c6cc(CCCCCC)ccc65)ccc3-4)cc21. The second-order valence-corrected chi connectivity index (χ2v) is 35.4. The zero-order valence-electron chi connectivity index (χ0n) is 69.8. The quantitative estimate of drug-likeness (QED) is 0.0375. The van der Waals surface area contributed by atoms with Gasteiger partial charge in [0.2, 0.25) is 0 Å². The van der Waals surface area contributed by atoms with Crippen LogP contribution >= 0.6 is 0 Å². The van der Waals surface area contributed by atoms with Gasteiger partial charge in [-0.25, -0.2) is 0 Å². The highest BCUT2D eigenvalue weighted by molar-refractivity contribution is 6.11. The Kier molecular flexibility index (Phi) is 24.4. The predicted molar refractivity (Wildman–Crippen MR) is 483 cm³/mol. The number of hydrogen-bond donors (Lipinski definition) is 2. The molecule has 0 saturated carbocycles. The number of nitrogens with zero attached hydrogens (tertiary/aromatic N) is 2. The van der Waals surface area contributed by atoms with Gasteiger partial charge in [-0.15, -0.1) is 0 Å². The molecule has 12 aromatic rings. The van der Waals surface area contributed by atoms with Gasteiger partial charge < -0.3 is 19.8 Å². The Balaban J connectivity index is 0.722. The molecular weight excluding hydrogens is 1340 g/mol. The van der Waals surface area contributed by atoms with Crippen LogP contribution in [-0.4, -0.2) is 9.13 Å². The van der Waals surface area contributed by atoms with Gasteiger partial charge in [0.15, 0.2) is 0 Å². The number of fused-ring (bicyclic) bond motifs is 15. The number of nitrogens with one attached hydrogen (secondary N) is 2. The number of hydrogen-bond acceptors (Lipinski definition) is 2. The summed E-state index contributed by atoms with van der Waals surface area (Å²) in [4.78, 5) is 0. The summed E-state index contributed by atoms with van der Waals surface area (Å²) in [6, 6.07) is 73.6. The highest BCUT2D eigenvalue weighted by Gasteiger charge is 2.44. The van der Waals surface area contributed by atoms with Crippen molar-refractivity contribution < 1.29 is 0 Å². The largest absolute Gasteiger partial charge is 0.356 e. The van der Waals surface area contributed by atoms with Crippen molar-refractivity contribution in [1.29, 1.82) is 0 Å². The van der Waals surface area contributed by atoms with E-state index in [9.17, 15) is 0 Å². The Morgan fingerprint density at radius 3 is 0.775 bits per heavy atom. The number of rotatable bonds is 40. The van der Waals surface area contributed by atoms with Gasteiger partial charge in [0.05, 0.1) is 22.1 Å². The predicted octanol–water partition coefficient (Wildman–Crippen LogP) is 32.2. The van der Waals surface area contributed by atoms with Gasteiger partial charge in [-0.05, 0) is 275 Å². The summed E-state index contributed by atoms with van der Waals surface area (Å²) in [5.74, 6) is 0. The highest BCUT2D eigenvalue weighted by atomic mass is 15.0. The Morgan fingerprint density at radius 2 is 0.477 bits per heavy atom. The number of anilines is 4. The molecule has 0 aliphatic heterocycles. The minimum atomic E-state index is -0.209. The fraction of sp³-hybridized carbons (Fsp3) is 0.439. The van der Waals surface area contributed by atoms with Crippen LogP contribution in [0.15, 0.2) is 182 Å². The molecule has 4 nitrogen and oxygen atoms in total. The molecule has 0 amide bonds. The third kappa shape index (κ3) is 15.9. The minimum Gasteiger partial charge on any atom is -0.356 e. The van der Waals surface area contributed by atoms with E-state index in [-0.39, 0.29) is 16.2 Å². The second-order valence-electron chi connectivity index (χ2n) is 35.4. The lowest BCUT2D eigenvalue weighted by Gasteiger charge is -2.33. The molecule has 0 unspecified atom stereocenters. The van der Waals surface area contributed by atoms with Crippen molar-refractivity contribution in [1.82, 2.24) is 9.13 Å². The number of aryl methyl sites for hydroxylation is 4. The van der Waals surface area contributed by atoms with Crippen molar-refractivity contribution in [3.8, 4) is 44.8 Å². The van der Waals surface area contributed by atoms with E-state index in [1.807, 2.05) is 0 Å². The van der Waals surface area contributed by atoms with Gasteiger partial charge >= 0.3 is 0 Å². The summed E-state index contributed by atoms with van der Waals surface area (Å²) in [5, 5.41) is 13.8. The van der Waals surface area contributed by atoms with E-state index >= 15 is 0 Å². The zero-order chi connectivity index (χ0) is 76.6. The van der Waals surface area contributed by atoms with Crippen molar-refractivity contribution in [2.24, 2.45) is 0 Å². The summed E-state index contributed by atoms with van der Waals surface area (Å²) in [5.41, 5.74) is 34.6. The van der Waals surface area contributed by atoms with Gasteiger partial charge in [-0.1, -0.05) is 284 Å². The lowest BCUT2D eigenvalue weighted by molar-refractivity contribution is 0.398. The van der Waals surface area contributed by atoms with Crippen molar-refractivity contribution >= 4 is 66.4 Å². The average Bonchev–Trinajstić information content (AvgIpc) is 1.57. The lowest BCUT2D eigenvalue weighted by atomic mass is 9.70. The van der Waals surface area contributed by atoms with E-state index in [4.69, 9.17) is 0 Å². The van der Waals surface area contributed by atoms with E-state index in [0.717, 1.165) is 49.9 Å². The fourth-order valence-electron chi connectivity index (χ4n) is 20.4. The summed E-state index contributed by atoms with van der Waals surface area (Å²) in [6.45, 7) is 23.8. The fourth-order valence-corrected chi connectivity index (χ4v) is 20.4. The molecule has 2 aromatic heterocycles. The maximum absolute atomic E-state index is 4.10. The first-order chi connectivity index (χ1) is 54.3. The van der Waals surface area contributed by atoms with Gasteiger partial charge in [0.1, 0.15) is 0 Å². The maximum Gasteiger partial charge on any atom is 0.0541 e. The van der Waals surface area contributed by atoms with Crippen molar-refractivity contribution in [2.75, 3.05) is 10.6 Å². The normalized spacial score (nSPS) is 14.0. The topological polar surface area (TPSA) is 33.9 Å². The molecule has 0 saturated heterocycles. The molecule has 15 rings (SSSR count). The van der Waals surface area contributed by atoms with Crippen LogP contribution in [0.25, 0.3) is 88.4 Å². The number of benzene rings is 10. The van der Waals surface area contributed by atoms with Crippen LogP contribution in [0.3, 0.4) is 0 Å². The van der Waals surface area contributed by atoms with Crippen LogP contribution in [0.2, 0.25) is 0 Å². The zero-order valence-corrected chi connectivity index (χ0v) is 69.8. The number of unbranched alkanes of at least 4 members (excludes halogenated alkanes) is 22. The summed E-state index contributed by atoms with van der Waals surface area (Å²) >= 11 is 0. The van der Waals surface area contributed by atoms with Crippen LogP contribution in [0.5, 0.6) is 0 Å². The van der Waals surface area contributed by atoms with E-state index in [1.54, 1.807) is 0 Å². The first kappa shape index (κ1) is 77.7. The van der Waals surface area contributed by atoms with Crippen molar-refractivity contribution in [3.05, 3.63) is 238 Å². The van der Waals surface area contributed by atoms with Crippen LogP contribution < -0.4 is 10.6 Å². The molecule has 2 heterocycles. The Bertz CT molecular complexity index is 4790. The molecule has 578 valence electrons. The van der Waals surface area contributed by atoms with Crippen LogP contribution in [-0.2, 0) is 41.9 Å². The molecule has 0 radical (unpaired) electrons. The molecule has 0 bridgehead atoms. The van der Waals surface area contributed by atoms with E-state index < -0.39 is 0 Å². The van der Waals surface area contributed by atoms with Crippen molar-refractivity contribution in [2.45, 2.75) is 304 Å². The van der Waals surface area contributed by atoms with E-state index in [2.05, 4.69) is 271 Å². The second kappa shape index (κ2) is 34.8. The standard InChI is InChI=1S/C107H130N4/c1-11-17-23-29-31-37-63-107(64-38-32-30-24-18-12-2)99-71-81(108-79-47-53-85-87-57-51-83(73-97(87)105(7,8)95(85)69-79)110-101-59-43-75(39-33-25-19-13-3)65-91(101)92-66-76(44-60-102(92)110)40-34-26-20-14-4)49-55-89(99)90-56-50-82(72-100(90)107)109-80-48-54-86-88-58-52-84(74-98(88)106(9,10)96(86)70-80)111-103-61-45-77(41-35-27-21-15-5)67-93(103)94-68-78(46-62-104(94)111)42-36-28-22-16-6/h43-62,65-74,108-109H,11-42,63-64H2,1-10H3. The third-order valence-electron chi connectivity index (χ3n) is 26.8. The molecule has 0 fully saturated rings. The first-order valence-corrected chi connectivity index (χ1v) is 44.8. The van der Waals surface area contributed by atoms with Crippen molar-refractivity contribution in [3.63, 3.8) is 0 Å². The van der Waals surface area contributed by atoms with Gasteiger partial charge in [0.25, 0.3) is 0 Å². The summed E-state index contributed by atoms with van der Waals surface area (Å²) in [7, 11) is 0. The van der Waals surface area contributed by atoms with Crippen LogP contribution in [0, 0.1) is 0 Å². The van der Waals surface area contributed by atoms with Gasteiger partial charge in [-0.2, -0.15) is 0 Å². The molecular formula is C107H130N4. The van der Waals surface area contributed by atoms with Crippen LogP contribution in [0.1, 0.15) is 317 Å².